The molecule has 2 amide bonds. The number of nitrogens with one attached hydrogen (secondary N) is 1. The summed E-state index contributed by atoms with van der Waals surface area (Å²) in [5.74, 6) is -0.378. The molecule has 4 rings (SSSR count). The first kappa shape index (κ1) is 21.8. The fraction of sp³-hybridized carbons (Fsp3) is 0.320. The molecule has 32 heavy (non-hydrogen) atoms. The van der Waals surface area contributed by atoms with Gasteiger partial charge in [0, 0.05) is 36.3 Å². The third-order valence-corrected chi connectivity index (χ3v) is 5.83. The molecular weight excluding hydrogens is 402 g/mol. The number of aromatic nitrogens is 2. The van der Waals surface area contributed by atoms with E-state index in [1.165, 1.54) is 5.56 Å². The van der Waals surface area contributed by atoms with Crippen LogP contribution in [0.25, 0.3) is 11.3 Å². The number of carbonyl (C=O) groups is 2. The summed E-state index contributed by atoms with van der Waals surface area (Å²) in [5, 5.41) is 7.84. The van der Waals surface area contributed by atoms with Gasteiger partial charge in [0.15, 0.2) is 0 Å². The molecule has 0 spiro atoms. The van der Waals surface area contributed by atoms with Crippen LogP contribution in [0.3, 0.4) is 0 Å². The minimum absolute atomic E-state index is 0.0591. The molecule has 1 aromatic heterocycles. The molecular formula is C25H29N5O2. The smallest absolute Gasteiger partial charge is 0.234 e. The summed E-state index contributed by atoms with van der Waals surface area (Å²) in [6, 6.07) is 20.2. The van der Waals surface area contributed by atoms with E-state index in [4.69, 9.17) is 10.8 Å². The van der Waals surface area contributed by atoms with Gasteiger partial charge in [-0.1, -0.05) is 60.7 Å². The van der Waals surface area contributed by atoms with Gasteiger partial charge < -0.3 is 11.1 Å². The molecule has 0 saturated carbocycles. The number of hydrogen-bond donors (Lipinski definition) is 2. The second kappa shape index (κ2) is 10.2. The van der Waals surface area contributed by atoms with E-state index in [1.54, 1.807) is 0 Å². The lowest BCUT2D eigenvalue weighted by Crippen LogP contribution is -2.41. The largest absolute Gasteiger partial charge is 0.370 e. The van der Waals surface area contributed by atoms with E-state index in [0.29, 0.717) is 19.5 Å². The maximum atomic E-state index is 12.7. The van der Waals surface area contributed by atoms with E-state index in [0.717, 1.165) is 36.2 Å². The highest BCUT2D eigenvalue weighted by molar-refractivity contribution is 5.79. The van der Waals surface area contributed by atoms with Gasteiger partial charge in [-0.25, -0.2) is 0 Å². The Morgan fingerprint density at radius 2 is 1.78 bits per heavy atom. The number of nitrogens with zero attached hydrogens (tertiary/aromatic N) is 3. The molecule has 0 bridgehead atoms. The monoisotopic (exact) mass is 431 g/mol. The van der Waals surface area contributed by atoms with Crippen molar-refractivity contribution in [2.45, 2.75) is 38.4 Å². The number of likely N-dealkylation sites (tertiary alicyclic amines) is 1. The SMILES string of the molecule is NC(=O)CC1CCCN1CC(=O)NCc1cn(Cc2ccccc2)nc1-c1ccccc1. The summed E-state index contributed by atoms with van der Waals surface area (Å²) in [5.41, 5.74) is 9.38. The van der Waals surface area contributed by atoms with Crippen LogP contribution in [-0.4, -0.2) is 45.6 Å². The molecule has 7 heteroatoms. The molecule has 166 valence electrons. The number of nitrogens with two attached hydrogens (primary N) is 1. The van der Waals surface area contributed by atoms with Crippen LogP contribution in [-0.2, 0) is 22.7 Å². The van der Waals surface area contributed by atoms with E-state index < -0.39 is 0 Å². The fourth-order valence-electron chi connectivity index (χ4n) is 4.28. The molecule has 3 aromatic rings. The number of hydrogen-bond acceptors (Lipinski definition) is 4. The number of benzene rings is 2. The van der Waals surface area contributed by atoms with Gasteiger partial charge in [-0.05, 0) is 24.9 Å². The van der Waals surface area contributed by atoms with Crippen LogP contribution in [0.15, 0.2) is 66.9 Å². The van der Waals surface area contributed by atoms with Crippen molar-refractivity contribution in [1.82, 2.24) is 20.0 Å². The van der Waals surface area contributed by atoms with Gasteiger partial charge in [0.05, 0.1) is 18.8 Å². The van der Waals surface area contributed by atoms with Crippen molar-refractivity contribution in [2.75, 3.05) is 13.1 Å². The Morgan fingerprint density at radius 3 is 2.50 bits per heavy atom. The van der Waals surface area contributed by atoms with Crippen LogP contribution in [0, 0.1) is 0 Å². The van der Waals surface area contributed by atoms with Crippen molar-refractivity contribution < 1.29 is 9.59 Å². The zero-order chi connectivity index (χ0) is 22.3. The quantitative estimate of drug-likeness (QED) is 0.545. The number of carbonyl (C=O) groups excluding carboxylic acids is 2. The Morgan fingerprint density at radius 1 is 1.06 bits per heavy atom. The molecule has 2 aromatic carbocycles. The molecule has 3 N–H and O–H groups in total. The Bertz CT molecular complexity index is 1050. The lowest BCUT2D eigenvalue weighted by molar-refractivity contribution is -0.124. The van der Waals surface area contributed by atoms with Gasteiger partial charge in [-0.15, -0.1) is 0 Å². The first-order chi connectivity index (χ1) is 15.6. The van der Waals surface area contributed by atoms with Crippen molar-refractivity contribution in [3.05, 3.63) is 78.0 Å². The van der Waals surface area contributed by atoms with E-state index in [-0.39, 0.29) is 24.4 Å². The summed E-state index contributed by atoms with van der Waals surface area (Å²) in [7, 11) is 0. The molecule has 0 aliphatic carbocycles. The molecule has 7 nitrogen and oxygen atoms in total. The maximum absolute atomic E-state index is 12.7. The molecule has 1 aliphatic rings. The van der Waals surface area contributed by atoms with E-state index in [1.807, 2.05) is 59.4 Å². The second-order valence-electron chi connectivity index (χ2n) is 8.27. The average molecular weight is 432 g/mol. The normalized spacial score (nSPS) is 16.2. The van der Waals surface area contributed by atoms with Crippen LogP contribution in [0.5, 0.6) is 0 Å². The minimum atomic E-state index is -0.319. The first-order valence-electron chi connectivity index (χ1n) is 11.0. The topological polar surface area (TPSA) is 93.3 Å². The standard InChI is InChI=1S/C25H29N5O2/c26-23(31)14-22-12-7-13-29(22)18-24(32)27-15-21-17-30(16-19-8-3-1-4-9-19)28-25(21)20-10-5-2-6-11-20/h1-6,8-11,17,22H,7,12-16,18H2,(H2,26,31)(H,27,32). The summed E-state index contributed by atoms with van der Waals surface area (Å²) >= 11 is 0. The van der Waals surface area contributed by atoms with Crippen molar-refractivity contribution >= 4 is 11.8 Å². The molecule has 0 radical (unpaired) electrons. The van der Waals surface area contributed by atoms with Gasteiger partial charge >= 0.3 is 0 Å². The minimum Gasteiger partial charge on any atom is -0.370 e. The van der Waals surface area contributed by atoms with Gasteiger partial charge in [0.2, 0.25) is 11.8 Å². The Labute approximate surface area is 188 Å². The van der Waals surface area contributed by atoms with Crippen LogP contribution >= 0.6 is 0 Å². The summed E-state index contributed by atoms with van der Waals surface area (Å²) in [6.07, 6.45) is 4.19. The van der Waals surface area contributed by atoms with Crippen LogP contribution in [0.2, 0.25) is 0 Å². The first-order valence-corrected chi connectivity index (χ1v) is 11.0. The zero-order valence-electron chi connectivity index (χ0n) is 18.1. The van der Waals surface area contributed by atoms with Crippen LogP contribution < -0.4 is 11.1 Å². The van der Waals surface area contributed by atoms with E-state index in [9.17, 15) is 9.59 Å². The summed E-state index contributed by atoms with van der Waals surface area (Å²) in [4.78, 5) is 26.0. The number of amides is 2. The highest BCUT2D eigenvalue weighted by Gasteiger charge is 2.27. The van der Waals surface area contributed by atoms with Crippen molar-refractivity contribution in [3.8, 4) is 11.3 Å². The van der Waals surface area contributed by atoms with Gasteiger partial charge in [-0.2, -0.15) is 5.10 Å². The van der Waals surface area contributed by atoms with Crippen LogP contribution in [0.4, 0.5) is 0 Å². The lowest BCUT2D eigenvalue weighted by Gasteiger charge is -2.22. The Balaban J connectivity index is 1.45. The third-order valence-electron chi connectivity index (χ3n) is 5.83. The molecule has 1 saturated heterocycles. The lowest BCUT2D eigenvalue weighted by atomic mass is 10.1. The molecule has 1 unspecified atom stereocenters. The fourth-order valence-corrected chi connectivity index (χ4v) is 4.28. The maximum Gasteiger partial charge on any atom is 0.234 e. The van der Waals surface area contributed by atoms with Crippen molar-refractivity contribution in [3.63, 3.8) is 0 Å². The van der Waals surface area contributed by atoms with Gasteiger partial charge in [0.1, 0.15) is 0 Å². The van der Waals surface area contributed by atoms with E-state index in [2.05, 4.69) is 22.3 Å². The number of rotatable bonds is 9. The van der Waals surface area contributed by atoms with Gasteiger partial charge in [-0.3, -0.25) is 19.2 Å². The average Bonchev–Trinajstić information content (AvgIpc) is 3.40. The summed E-state index contributed by atoms with van der Waals surface area (Å²) < 4.78 is 1.92. The summed E-state index contributed by atoms with van der Waals surface area (Å²) in [6.45, 7) is 2.15. The van der Waals surface area contributed by atoms with Crippen molar-refractivity contribution in [1.29, 1.82) is 0 Å². The van der Waals surface area contributed by atoms with E-state index >= 15 is 0 Å². The van der Waals surface area contributed by atoms with Crippen LogP contribution in [0.1, 0.15) is 30.4 Å². The van der Waals surface area contributed by atoms with Crippen molar-refractivity contribution in [2.24, 2.45) is 5.73 Å². The zero-order valence-corrected chi connectivity index (χ0v) is 18.1. The molecule has 1 fully saturated rings. The molecule has 2 heterocycles. The highest BCUT2D eigenvalue weighted by atomic mass is 16.2. The second-order valence-corrected chi connectivity index (χ2v) is 8.27. The predicted octanol–water partition coefficient (Wildman–Crippen LogP) is 2.55. The highest BCUT2D eigenvalue weighted by Crippen LogP contribution is 2.23. The Hall–Kier alpha value is -3.45. The molecule has 1 atom stereocenters. The van der Waals surface area contributed by atoms with Gasteiger partial charge in [0.25, 0.3) is 0 Å². The predicted molar refractivity (Wildman–Crippen MR) is 123 cm³/mol. The third kappa shape index (κ3) is 5.62. The number of primary amides is 1. The molecule has 1 aliphatic heterocycles. The Kier molecular flexibility index (Phi) is 6.97.